The van der Waals surface area contributed by atoms with Gasteiger partial charge in [-0.25, -0.2) is 8.42 Å². The molecule has 0 aliphatic carbocycles. The summed E-state index contributed by atoms with van der Waals surface area (Å²) in [5.41, 5.74) is 2.07. The molecule has 2 aromatic carbocycles. The number of ether oxygens (including phenoxy) is 1. The maximum Gasteiger partial charge on any atom is 0.307 e. The number of nitrogens with one attached hydrogen (secondary N) is 1. The van der Waals surface area contributed by atoms with Gasteiger partial charge in [0.2, 0.25) is 0 Å². The van der Waals surface area contributed by atoms with Crippen LogP contribution in [0.25, 0.3) is 0 Å². The highest BCUT2D eigenvalue weighted by molar-refractivity contribution is 7.92. The number of amides is 1. The van der Waals surface area contributed by atoms with E-state index in [0.29, 0.717) is 11.1 Å². The number of methoxy groups -OCH3 is 1. The number of sulfonamides is 1. The van der Waals surface area contributed by atoms with Gasteiger partial charge in [0.05, 0.1) is 18.4 Å². The highest BCUT2D eigenvalue weighted by Gasteiger charge is 2.19. The van der Waals surface area contributed by atoms with Crippen molar-refractivity contribution in [2.75, 3.05) is 25.4 Å². The fourth-order valence-corrected chi connectivity index (χ4v) is 3.99. The monoisotopic (exact) mass is 404 g/mol. The zero-order valence-electron chi connectivity index (χ0n) is 16.4. The van der Waals surface area contributed by atoms with Crippen molar-refractivity contribution in [2.24, 2.45) is 0 Å². The first-order chi connectivity index (χ1) is 13.1. The lowest BCUT2D eigenvalue weighted by molar-refractivity contribution is -0.140. The molecule has 0 heterocycles. The van der Waals surface area contributed by atoms with Crippen molar-refractivity contribution in [3.63, 3.8) is 0 Å². The normalized spacial score (nSPS) is 11.0. The molecule has 8 heteroatoms. The average Bonchev–Trinajstić information content (AvgIpc) is 2.66. The summed E-state index contributed by atoms with van der Waals surface area (Å²) < 4.78 is 32.6. The molecule has 0 aliphatic rings. The highest BCUT2D eigenvalue weighted by atomic mass is 32.2. The van der Waals surface area contributed by atoms with E-state index in [2.05, 4.69) is 9.46 Å². The molecule has 28 heavy (non-hydrogen) atoms. The molecule has 2 rings (SSSR count). The summed E-state index contributed by atoms with van der Waals surface area (Å²) in [7, 11) is -0.935. The van der Waals surface area contributed by atoms with Crippen LogP contribution in [-0.2, 0) is 19.6 Å². The summed E-state index contributed by atoms with van der Waals surface area (Å²) in [6.45, 7) is 3.75. The molecule has 150 valence electrons. The second kappa shape index (κ2) is 8.88. The van der Waals surface area contributed by atoms with E-state index in [1.165, 1.54) is 18.1 Å². The van der Waals surface area contributed by atoms with Crippen LogP contribution in [0.5, 0.6) is 0 Å². The van der Waals surface area contributed by atoms with Crippen LogP contribution in [0.2, 0.25) is 0 Å². The van der Waals surface area contributed by atoms with Crippen LogP contribution in [-0.4, -0.2) is 45.9 Å². The first-order valence-electron chi connectivity index (χ1n) is 8.66. The molecule has 0 saturated heterocycles. The van der Waals surface area contributed by atoms with Crippen molar-refractivity contribution in [1.82, 2.24) is 4.90 Å². The van der Waals surface area contributed by atoms with E-state index >= 15 is 0 Å². The predicted molar refractivity (Wildman–Crippen MR) is 107 cm³/mol. The molecule has 2 aromatic rings. The molecule has 0 fully saturated rings. The Morgan fingerprint density at radius 2 is 1.82 bits per heavy atom. The van der Waals surface area contributed by atoms with Gasteiger partial charge in [-0.3, -0.25) is 14.3 Å². The quantitative estimate of drug-likeness (QED) is 0.717. The molecule has 0 bridgehead atoms. The summed E-state index contributed by atoms with van der Waals surface area (Å²) in [6.07, 6.45) is 0.0810. The van der Waals surface area contributed by atoms with Gasteiger partial charge in [0, 0.05) is 24.8 Å². The van der Waals surface area contributed by atoms with Crippen LogP contribution in [0.3, 0.4) is 0 Å². The Morgan fingerprint density at radius 1 is 1.11 bits per heavy atom. The number of rotatable bonds is 7. The molecule has 0 atom stereocenters. The van der Waals surface area contributed by atoms with Crippen molar-refractivity contribution in [3.05, 3.63) is 59.2 Å². The Morgan fingerprint density at radius 3 is 2.50 bits per heavy atom. The van der Waals surface area contributed by atoms with Gasteiger partial charge in [-0.2, -0.15) is 0 Å². The van der Waals surface area contributed by atoms with E-state index in [-0.39, 0.29) is 29.5 Å². The van der Waals surface area contributed by atoms with Crippen LogP contribution in [0.1, 0.15) is 27.9 Å². The van der Waals surface area contributed by atoms with Crippen LogP contribution >= 0.6 is 0 Å². The van der Waals surface area contributed by atoms with E-state index in [4.69, 9.17) is 0 Å². The lowest BCUT2D eigenvalue weighted by Crippen LogP contribution is -2.29. The number of benzene rings is 2. The SMILES string of the molecule is COC(=O)CCN(C)C(=O)c1cccc(NS(=O)(=O)c2cc(C)ccc2C)c1. The van der Waals surface area contributed by atoms with Crippen molar-refractivity contribution in [3.8, 4) is 0 Å². The van der Waals surface area contributed by atoms with Crippen LogP contribution in [0.4, 0.5) is 5.69 Å². The van der Waals surface area contributed by atoms with E-state index in [9.17, 15) is 18.0 Å². The fourth-order valence-electron chi connectivity index (χ4n) is 2.61. The summed E-state index contributed by atoms with van der Waals surface area (Å²) >= 11 is 0. The van der Waals surface area contributed by atoms with Gasteiger partial charge in [-0.05, 0) is 49.2 Å². The number of esters is 1. The van der Waals surface area contributed by atoms with Crippen molar-refractivity contribution >= 4 is 27.6 Å². The number of hydrogen-bond acceptors (Lipinski definition) is 5. The Hall–Kier alpha value is -2.87. The van der Waals surface area contributed by atoms with E-state index in [1.807, 2.05) is 13.0 Å². The second-order valence-corrected chi connectivity index (χ2v) is 8.16. The van der Waals surface area contributed by atoms with E-state index in [1.54, 1.807) is 44.3 Å². The van der Waals surface area contributed by atoms with Crippen LogP contribution < -0.4 is 4.72 Å². The van der Waals surface area contributed by atoms with Gasteiger partial charge in [0.25, 0.3) is 15.9 Å². The highest BCUT2D eigenvalue weighted by Crippen LogP contribution is 2.21. The van der Waals surface area contributed by atoms with Crippen LogP contribution in [0.15, 0.2) is 47.4 Å². The van der Waals surface area contributed by atoms with Gasteiger partial charge in [0.15, 0.2) is 0 Å². The summed E-state index contributed by atoms with van der Waals surface area (Å²) in [5.74, 6) is -0.730. The van der Waals surface area contributed by atoms with Gasteiger partial charge >= 0.3 is 5.97 Å². The average molecular weight is 404 g/mol. The van der Waals surface area contributed by atoms with Crippen molar-refractivity contribution < 1.29 is 22.7 Å². The third kappa shape index (κ3) is 5.32. The Labute approximate surface area is 165 Å². The minimum atomic E-state index is -3.79. The first-order valence-corrected chi connectivity index (χ1v) is 10.1. The minimum Gasteiger partial charge on any atom is -0.469 e. The van der Waals surface area contributed by atoms with Gasteiger partial charge in [-0.15, -0.1) is 0 Å². The molecule has 0 saturated carbocycles. The molecule has 1 N–H and O–H groups in total. The standard InChI is InChI=1S/C20H24N2O5S/c1-14-8-9-15(2)18(12-14)28(25,26)21-17-7-5-6-16(13-17)20(24)22(3)11-10-19(23)27-4/h5-9,12-13,21H,10-11H2,1-4H3. The topological polar surface area (TPSA) is 92.8 Å². The molecule has 0 aliphatic heterocycles. The van der Waals surface area contributed by atoms with Crippen LogP contribution in [0, 0.1) is 13.8 Å². The van der Waals surface area contributed by atoms with Gasteiger partial charge in [0.1, 0.15) is 0 Å². The molecule has 0 spiro atoms. The molecule has 0 unspecified atom stereocenters. The Balaban J connectivity index is 2.19. The van der Waals surface area contributed by atoms with Crippen molar-refractivity contribution in [1.29, 1.82) is 0 Å². The third-order valence-corrected chi connectivity index (χ3v) is 5.74. The number of hydrogen-bond donors (Lipinski definition) is 1. The summed E-state index contributed by atoms with van der Waals surface area (Å²) in [6, 6.07) is 11.4. The predicted octanol–water partition coefficient (Wildman–Crippen LogP) is 2.74. The molecule has 0 radical (unpaired) electrons. The lowest BCUT2D eigenvalue weighted by Gasteiger charge is -2.17. The van der Waals surface area contributed by atoms with E-state index in [0.717, 1.165) is 5.56 Å². The number of carbonyl (C=O) groups excluding carboxylic acids is 2. The Bertz CT molecular complexity index is 986. The first kappa shape index (κ1) is 21.4. The lowest BCUT2D eigenvalue weighted by atomic mass is 10.2. The molecular formula is C20H24N2O5S. The number of aryl methyl sites for hydroxylation is 2. The maximum atomic E-state index is 12.7. The zero-order chi connectivity index (χ0) is 20.9. The minimum absolute atomic E-state index is 0.0810. The molecule has 0 aromatic heterocycles. The largest absolute Gasteiger partial charge is 0.469 e. The molecule has 7 nitrogen and oxygen atoms in total. The number of nitrogens with zero attached hydrogens (tertiary/aromatic N) is 1. The molecule has 1 amide bonds. The second-order valence-electron chi connectivity index (χ2n) is 6.51. The number of carbonyl (C=O) groups is 2. The number of anilines is 1. The summed E-state index contributed by atoms with van der Waals surface area (Å²) in [4.78, 5) is 25.3. The Kier molecular flexibility index (Phi) is 6.80. The maximum absolute atomic E-state index is 12.7. The third-order valence-electron chi connectivity index (χ3n) is 4.22. The smallest absolute Gasteiger partial charge is 0.307 e. The zero-order valence-corrected chi connectivity index (χ0v) is 17.2. The fraction of sp³-hybridized carbons (Fsp3) is 0.300. The molecular weight excluding hydrogens is 380 g/mol. The van der Waals surface area contributed by atoms with E-state index < -0.39 is 16.0 Å². The van der Waals surface area contributed by atoms with Gasteiger partial charge in [-0.1, -0.05) is 18.2 Å². The summed E-state index contributed by atoms with van der Waals surface area (Å²) in [5, 5.41) is 0. The van der Waals surface area contributed by atoms with Gasteiger partial charge < -0.3 is 9.64 Å². The van der Waals surface area contributed by atoms with Crippen molar-refractivity contribution in [2.45, 2.75) is 25.2 Å².